The number of carbonyl (C=O) groups is 4. The minimum absolute atomic E-state index is 0.120. The monoisotopic (exact) mass is 611 g/mol. The van der Waals surface area contributed by atoms with Crippen LogP contribution in [0.15, 0.2) is 72.8 Å². The molecule has 4 bridgehead atoms. The van der Waals surface area contributed by atoms with Gasteiger partial charge in [-0.05, 0) is 67.5 Å². The number of amides is 4. The Balaban J connectivity index is 1.44. The third-order valence-electron chi connectivity index (χ3n) is 8.14. The van der Waals surface area contributed by atoms with E-state index in [1.165, 1.54) is 0 Å². The van der Waals surface area contributed by atoms with Crippen LogP contribution in [0.2, 0.25) is 0 Å². The molecule has 3 aliphatic heterocycles. The van der Waals surface area contributed by atoms with Gasteiger partial charge in [-0.3, -0.25) is 14.4 Å². The fourth-order valence-electron chi connectivity index (χ4n) is 5.77. The summed E-state index contributed by atoms with van der Waals surface area (Å²) < 4.78 is 5.44. The predicted molar refractivity (Wildman–Crippen MR) is 172 cm³/mol. The average Bonchev–Trinajstić information content (AvgIpc) is 3.14. The number of fused-ring (bicyclic) bond motifs is 16. The van der Waals surface area contributed by atoms with Crippen molar-refractivity contribution in [1.82, 2.24) is 21.3 Å². The molecule has 0 spiro atoms. The molecule has 45 heavy (non-hydrogen) atoms. The Morgan fingerprint density at radius 1 is 0.844 bits per heavy atom. The lowest BCUT2D eigenvalue weighted by Gasteiger charge is -2.29. The lowest BCUT2D eigenvalue weighted by atomic mass is 9.98. The van der Waals surface area contributed by atoms with Gasteiger partial charge in [0.2, 0.25) is 11.8 Å². The molecule has 4 N–H and O–H groups in total. The lowest BCUT2D eigenvalue weighted by Crippen LogP contribution is -2.51. The van der Waals surface area contributed by atoms with Gasteiger partial charge < -0.3 is 30.9 Å². The second-order valence-corrected chi connectivity index (χ2v) is 12.3. The Labute approximate surface area is 263 Å². The van der Waals surface area contributed by atoms with E-state index in [2.05, 4.69) is 21.3 Å². The van der Waals surface area contributed by atoms with Crippen LogP contribution in [0.5, 0.6) is 0 Å². The van der Waals surface area contributed by atoms with E-state index in [0.717, 1.165) is 33.5 Å². The van der Waals surface area contributed by atoms with Crippen LogP contribution in [0.25, 0.3) is 11.1 Å². The summed E-state index contributed by atoms with van der Waals surface area (Å²) in [4.78, 5) is 53.9. The van der Waals surface area contributed by atoms with E-state index in [1.807, 2.05) is 86.6 Å². The molecule has 0 aromatic heterocycles. The fourth-order valence-corrected chi connectivity index (χ4v) is 5.77. The van der Waals surface area contributed by atoms with Crippen molar-refractivity contribution in [3.8, 4) is 11.1 Å². The predicted octanol–water partition coefficient (Wildman–Crippen LogP) is 3.82. The molecule has 3 aromatic carbocycles. The summed E-state index contributed by atoms with van der Waals surface area (Å²) in [6, 6.07) is 22.5. The molecular weight excluding hydrogens is 570 g/mol. The first-order valence-electron chi connectivity index (χ1n) is 15.4. The number of hydrogen-bond donors (Lipinski definition) is 4. The van der Waals surface area contributed by atoms with E-state index in [0.29, 0.717) is 25.9 Å². The zero-order valence-electron chi connectivity index (χ0n) is 26.0. The van der Waals surface area contributed by atoms with Crippen molar-refractivity contribution in [2.75, 3.05) is 18.0 Å². The summed E-state index contributed by atoms with van der Waals surface area (Å²) in [6.07, 6.45) is 0.784. The van der Waals surface area contributed by atoms with Gasteiger partial charge in [0.05, 0.1) is 6.54 Å². The number of carbonyl (C=O) groups excluding carboxylic acids is 4. The van der Waals surface area contributed by atoms with Crippen molar-refractivity contribution in [2.45, 2.75) is 70.8 Å². The number of hydrogen-bond acceptors (Lipinski definition) is 6. The summed E-state index contributed by atoms with van der Waals surface area (Å²) in [6.45, 7) is 6.16. The molecule has 0 unspecified atom stereocenters. The third kappa shape index (κ3) is 8.27. The van der Waals surface area contributed by atoms with Crippen molar-refractivity contribution in [2.24, 2.45) is 0 Å². The zero-order valence-corrected chi connectivity index (χ0v) is 26.0. The Morgan fingerprint density at radius 3 is 2.31 bits per heavy atom. The molecule has 2 atom stereocenters. The summed E-state index contributed by atoms with van der Waals surface area (Å²) in [5.74, 6) is -0.954. The van der Waals surface area contributed by atoms with Crippen molar-refractivity contribution in [3.05, 3.63) is 89.5 Å². The smallest absolute Gasteiger partial charge is 0.325 e. The number of para-hydroxylation sites is 1. The van der Waals surface area contributed by atoms with Crippen LogP contribution in [0.4, 0.5) is 10.5 Å². The normalized spacial score (nSPS) is 21.5. The topological polar surface area (TPSA) is 129 Å². The highest BCUT2D eigenvalue weighted by Crippen LogP contribution is 2.30. The molecule has 0 radical (unpaired) electrons. The number of nitrogens with one attached hydrogen (secondary N) is 4. The number of esters is 1. The van der Waals surface area contributed by atoms with Crippen molar-refractivity contribution < 1.29 is 23.9 Å². The van der Waals surface area contributed by atoms with E-state index in [-0.39, 0.29) is 31.3 Å². The first-order valence-corrected chi connectivity index (χ1v) is 15.4. The van der Waals surface area contributed by atoms with Gasteiger partial charge in [-0.2, -0.15) is 0 Å². The molecule has 4 amide bonds. The van der Waals surface area contributed by atoms with Crippen LogP contribution in [-0.2, 0) is 38.6 Å². The van der Waals surface area contributed by atoms with Gasteiger partial charge in [0, 0.05) is 30.7 Å². The molecule has 10 heteroatoms. The molecule has 0 saturated carbocycles. The van der Waals surface area contributed by atoms with Crippen molar-refractivity contribution in [3.63, 3.8) is 0 Å². The first-order chi connectivity index (χ1) is 21.6. The molecule has 6 rings (SSSR count). The Hall–Kier alpha value is -4.70. The Morgan fingerprint density at radius 2 is 1.53 bits per heavy atom. The van der Waals surface area contributed by atoms with Gasteiger partial charge >= 0.3 is 12.0 Å². The van der Waals surface area contributed by atoms with Crippen LogP contribution in [0.1, 0.15) is 50.3 Å². The number of nitrogens with zero attached hydrogens (tertiary/aromatic N) is 1. The Bertz CT molecular complexity index is 1550. The van der Waals surface area contributed by atoms with E-state index >= 15 is 0 Å². The SMILES string of the molecule is C[C@@H]1CNC(C)(C)CC(=O)N[C@@H]2CCc3ccccc3N(Cc3ccc(cc3)-c3ccccc3CNC(=O)NCC(=O)O1)C2=O. The molecular formula is C35H41N5O5. The number of benzene rings is 3. The number of anilines is 1. The van der Waals surface area contributed by atoms with E-state index < -0.39 is 29.7 Å². The maximum Gasteiger partial charge on any atom is 0.325 e. The van der Waals surface area contributed by atoms with Gasteiger partial charge in [0.15, 0.2) is 0 Å². The number of rotatable bonds is 0. The van der Waals surface area contributed by atoms with Crippen LogP contribution < -0.4 is 26.2 Å². The van der Waals surface area contributed by atoms with Gasteiger partial charge in [0.25, 0.3) is 0 Å². The second-order valence-electron chi connectivity index (χ2n) is 12.3. The highest BCUT2D eigenvalue weighted by molar-refractivity contribution is 6.00. The minimum atomic E-state index is -0.667. The summed E-state index contributed by atoms with van der Waals surface area (Å²) in [5, 5.41) is 11.7. The van der Waals surface area contributed by atoms with Crippen LogP contribution >= 0.6 is 0 Å². The molecule has 0 fully saturated rings. The van der Waals surface area contributed by atoms with E-state index in [4.69, 9.17) is 4.74 Å². The minimum Gasteiger partial charge on any atom is -0.460 e. The zero-order chi connectivity index (χ0) is 32.0. The van der Waals surface area contributed by atoms with Crippen molar-refractivity contribution >= 4 is 29.5 Å². The van der Waals surface area contributed by atoms with Gasteiger partial charge in [-0.1, -0.05) is 66.7 Å². The van der Waals surface area contributed by atoms with Crippen molar-refractivity contribution in [1.29, 1.82) is 0 Å². The van der Waals surface area contributed by atoms with Crippen LogP contribution in [0.3, 0.4) is 0 Å². The molecule has 3 aromatic rings. The Kier molecular flexibility index (Phi) is 9.83. The van der Waals surface area contributed by atoms with Gasteiger partial charge in [-0.15, -0.1) is 0 Å². The number of aryl methyl sites for hydroxylation is 1. The summed E-state index contributed by atoms with van der Waals surface area (Å²) >= 11 is 0. The average molecular weight is 612 g/mol. The van der Waals surface area contributed by atoms with E-state index in [1.54, 1.807) is 11.8 Å². The standard InChI is InChI=1S/C35H41N5O5/c1-23-19-38-35(2,3)18-31(41)39-29-17-16-26-8-5-7-11-30(26)40(33(29)43)22-24-12-14-25(15-13-24)28-10-6-4-9-27(28)20-36-34(44)37-21-32(42)45-23/h4-15,23,29,38H,16-22H2,1-3H3,(H,39,41)(H2,36,37,44)/t23-,29-/m1/s1. The molecule has 3 heterocycles. The van der Waals surface area contributed by atoms with Crippen LogP contribution in [0, 0.1) is 0 Å². The van der Waals surface area contributed by atoms with Gasteiger partial charge in [-0.25, -0.2) is 4.79 Å². The number of ether oxygens (including phenoxy) is 1. The quantitative estimate of drug-likeness (QED) is 0.226. The van der Waals surface area contributed by atoms with Gasteiger partial charge in [0.1, 0.15) is 18.7 Å². The maximum atomic E-state index is 14.0. The lowest BCUT2D eigenvalue weighted by molar-refractivity contribution is -0.147. The molecule has 0 aliphatic carbocycles. The fraction of sp³-hybridized carbons (Fsp3) is 0.371. The molecule has 0 saturated heterocycles. The van der Waals surface area contributed by atoms with E-state index in [9.17, 15) is 19.2 Å². The molecule has 10 nitrogen and oxygen atoms in total. The second kappa shape index (κ2) is 13.9. The highest BCUT2D eigenvalue weighted by Gasteiger charge is 2.33. The largest absolute Gasteiger partial charge is 0.460 e. The molecule has 3 aliphatic rings. The first kappa shape index (κ1) is 31.7. The third-order valence-corrected chi connectivity index (χ3v) is 8.14. The van der Waals surface area contributed by atoms with Crippen LogP contribution in [-0.4, -0.2) is 54.6 Å². The highest BCUT2D eigenvalue weighted by atomic mass is 16.5. The number of urea groups is 1. The maximum absolute atomic E-state index is 14.0. The summed E-state index contributed by atoms with van der Waals surface area (Å²) in [7, 11) is 0. The molecule has 236 valence electrons. The summed E-state index contributed by atoms with van der Waals surface area (Å²) in [5.41, 5.74) is 5.07.